The monoisotopic (exact) mass is 389 g/mol. The Labute approximate surface area is 165 Å². The zero-order valence-corrected chi connectivity index (χ0v) is 15.3. The fraction of sp³-hybridized carbons (Fsp3) is 0.100. The molecule has 3 N–H and O–H groups in total. The summed E-state index contributed by atoms with van der Waals surface area (Å²) in [5, 5.41) is 18.7. The lowest BCUT2D eigenvalue weighted by atomic mass is 10.2. The van der Waals surface area contributed by atoms with E-state index in [4.69, 9.17) is 5.26 Å². The van der Waals surface area contributed by atoms with Crippen LogP contribution in [0.4, 0.5) is 15.0 Å². The molecule has 8 nitrogen and oxygen atoms in total. The highest BCUT2D eigenvalue weighted by Crippen LogP contribution is 2.18. The van der Waals surface area contributed by atoms with Gasteiger partial charge < -0.3 is 10.3 Å². The van der Waals surface area contributed by atoms with Gasteiger partial charge in [-0.2, -0.15) is 5.26 Å². The lowest BCUT2D eigenvalue weighted by molar-refractivity contribution is 0.249. The smallest absolute Gasteiger partial charge is 0.321 e. The van der Waals surface area contributed by atoms with Crippen LogP contribution < -0.4 is 10.6 Å². The van der Waals surface area contributed by atoms with Crippen molar-refractivity contribution in [3.63, 3.8) is 0 Å². The molecule has 0 fully saturated rings. The summed E-state index contributed by atoms with van der Waals surface area (Å²) < 4.78 is 15.1. The molecule has 0 aliphatic heterocycles. The van der Waals surface area contributed by atoms with Gasteiger partial charge in [0, 0.05) is 12.3 Å². The van der Waals surface area contributed by atoms with E-state index in [1.807, 2.05) is 37.3 Å². The maximum Gasteiger partial charge on any atom is 0.321 e. The van der Waals surface area contributed by atoms with Gasteiger partial charge in [0.25, 0.3) is 0 Å². The lowest BCUT2D eigenvalue weighted by Crippen LogP contribution is -2.31. The number of aromatic amines is 1. The van der Waals surface area contributed by atoms with Crippen molar-refractivity contribution in [3.05, 3.63) is 71.9 Å². The number of halogens is 1. The Kier molecular flexibility index (Phi) is 4.66. The van der Waals surface area contributed by atoms with Crippen LogP contribution in [0.3, 0.4) is 0 Å². The van der Waals surface area contributed by atoms with Crippen molar-refractivity contribution in [3.8, 4) is 11.8 Å². The van der Waals surface area contributed by atoms with Crippen molar-refractivity contribution in [2.24, 2.45) is 0 Å². The summed E-state index contributed by atoms with van der Waals surface area (Å²) >= 11 is 0. The molecule has 0 spiro atoms. The van der Waals surface area contributed by atoms with E-state index in [-0.39, 0.29) is 23.1 Å². The highest BCUT2D eigenvalue weighted by molar-refractivity contribution is 5.88. The zero-order chi connectivity index (χ0) is 20.4. The third-order valence-electron chi connectivity index (χ3n) is 4.35. The molecule has 4 rings (SSSR count). The maximum absolute atomic E-state index is 13.8. The number of aromatic nitrogens is 4. The number of rotatable bonds is 4. The van der Waals surface area contributed by atoms with Crippen molar-refractivity contribution in [1.82, 2.24) is 25.1 Å². The first-order chi connectivity index (χ1) is 14.0. The molecule has 4 aromatic rings. The second-order valence-corrected chi connectivity index (χ2v) is 6.35. The van der Waals surface area contributed by atoms with Crippen LogP contribution in [0.2, 0.25) is 0 Å². The number of amides is 2. The number of hydrogen-bond acceptors (Lipinski definition) is 4. The van der Waals surface area contributed by atoms with Crippen LogP contribution in [-0.4, -0.2) is 25.8 Å². The first kappa shape index (κ1) is 18.2. The quantitative estimate of drug-likeness (QED) is 0.495. The van der Waals surface area contributed by atoms with Crippen LogP contribution in [0.1, 0.15) is 24.4 Å². The summed E-state index contributed by atoms with van der Waals surface area (Å²) in [6.07, 6.45) is 1.54. The Morgan fingerprint density at radius 1 is 1.24 bits per heavy atom. The predicted octanol–water partition coefficient (Wildman–Crippen LogP) is 3.64. The molecule has 0 bridgehead atoms. The molecular weight excluding hydrogens is 373 g/mol. The SMILES string of the molecule is C[C@@H](NC(=O)Nc1ccn(-c2cccc(F)c2C#N)n1)c1nc2ccccc2[nH]1. The molecule has 0 saturated heterocycles. The summed E-state index contributed by atoms with van der Waals surface area (Å²) in [5.41, 5.74) is 1.87. The highest BCUT2D eigenvalue weighted by Gasteiger charge is 2.15. The molecule has 0 aliphatic carbocycles. The number of carbonyl (C=O) groups is 1. The summed E-state index contributed by atoms with van der Waals surface area (Å²) in [6, 6.07) is 14.4. The van der Waals surface area contributed by atoms with Crippen molar-refractivity contribution in [2.45, 2.75) is 13.0 Å². The molecule has 2 aromatic heterocycles. The number of H-pyrrole nitrogens is 1. The van der Waals surface area contributed by atoms with Gasteiger partial charge in [-0.3, -0.25) is 5.32 Å². The van der Waals surface area contributed by atoms with Crippen LogP contribution in [0.15, 0.2) is 54.7 Å². The molecule has 1 atom stereocenters. The van der Waals surface area contributed by atoms with E-state index in [0.29, 0.717) is 5.82 Å². The summed E-state index contributed by atoms with van der Waals surface area (Å²) in [6.45, 7) is 1.81. The molecule has 0 radical (unpaired) electrons. The van der Waals surface area contributed by atoms with E-state index in [0.717, 1.165) is 11.0 Å². The number of imidazole rings is 1. The summed E-state index contributed by atoms with van der Waals surface area (Å²) in [5.74, 6) is 0.255. The molecule has 9 heteroatoms. The summed E-state index contributed by atoms with van der Waals surface area (Å²) in [4.78, 5) is 19.9. The third kappa shape index (κ3) is 3.64. The normalized spacial score (nSPS) is 11.8. The Bertz CT molecular complexity index is 1200. The number of anilines is 1. The van der Waals surface area contributed by atoms with E-state index >= 15 is 0 Å². The van der Waals surface area contributed by atoms with Crippen molar-refractivity contribution in [1.29, 1.82) is 5.26 Å². The fourth-order valence-corrected chi connectivity index (χ4v) is 2.93. The molecule has 0 saturated carbocycles. The fourth-order valence-electron chi connectivity index (χ4n) is 2.93. The number of nitrogens with zero attached hydrogens (tertiary/aromatic N) is 4. The lowest BCUT2D eigenvalue weighted by Gasteiger charge is -2.11. The van der Waals surface area contributed by atoms with Gasteiger partial charge in [-0.1, -0.05) is 18.2 Å². The Hall–Kier alpha value is -4.19. The molecular formula is C20H16FN7O. The van der Waals surface area contributed by atoms with Crippen LogP contribution in [0.25, 0.3) is 16.7 Å². The van der Waals surface area contributed by atoms with Crippen LogP contribution in [0.5, 0.6) is 0 Å². The third-order valence-corrected chi connectivity index (χ3v) is 4.35. The minimum atomic E-state index is -0.632. The highest BCUT2D eigenvalue weighted by atomic mass is 19.1. The average molecular weight is 389 g/mol. The van der Waals surface area contributed by atoms with E-state index in [1.54, 1.807) is 12.1 Å². The van der Waals surface area contributed by atoms with Crippen LogP contribution >= 0.6 is 0 Å². The Morgan fingerprint density at radius 2 is 2.07 bits per heavy atom. The van der Waals surface area contributed by atoms with E-state index in [2.05, 4.69) is 25.7 Å². The second kappa shape index (κ2) is 7.44. The molecule has 0 aliphatic rings. The number of nitriles is 1. The Morgan fingerprint density at radius 3 is 2.86 bits per heavy atom. The van der Waals surface area contributed by atoms with Crippen molar-refractivity contribution in [2.75, 3.05) is 5.32 Å². The number of para-hydroxylation sites is 2. The second-order valence-electron chi connectivity index (χ2n) is 6.35. The van der Waals surface area contributed by atoms with Crippen molar-refractivity contribution < 1.29 is 9.18 Å². The molecule has 0 unspecified atom stereocenters. The average Bonchev–Trinajstić information content (AvgIpc) is 3.34. The molecule has 29 heavy (non-hydrogen) atoms. The minimum Gasteiger partial charge on any atom is -0.340 e. The van der Waals surface area contributed by atoms with Gasteiger partial charge in [-0.15, -0.1) is 5.10 Å². The van der Waals surface area contributed by atoms with Gasteiger partial charge in [-0.05, 0) is 31.2 Å². The largest absolute Gasteiger partial charge is 0.340 e. The molecule has 2 amide bonds. The molecule has 144 valence electrons. The summed E-state index contributed by atoms with van der Waals surface area (Å²) in [7, 11) is 0. The standard InChI is InChI=1S/C20H16FN7O/c1-12(19-24-15-6-2-3-7-16(15)25-19)23-20(29)26-18-9-10-28(27-18)17-8-4-5-14(21)13(17)11-22/h2-10,12H,1H3,(H,24,25)(H2,23,26,27,29)/t12-/m1/s1. The number of benzene rings is 2. The van der Waals surface area contributed by atoms with E-state index in [9.17, 15) is 9.18 Å². The first-order valence-electron chi connectivity index (χ1n) is 8.82. The van der Waals surface area contributed by atoms with Crippen LogP contribution in [-0.2, 0) is 0 Å². The predicted molar refractivity (Wildman–Crippen MR) is 105 cm³/mol. The molecule has 2 heterocycles. The number of hydrogen-bond donors (Lipinski definition) is 3. The van der Waals surface area contributed by atoms with Gasteiger partial charge >= 0.3 is 6.03 Å². The number of nitrogens with one attached hydrogen (secondary N) is 3. The topological polar surface area (TPSA) is 111 Å². The van der Waals surface area contributed by atoms with Crippen molar-refractivity contribution >= 4 is 22.9 Å². The number of urea groups is 1. The first-order valence-corrected chi connectivity index (χ1v) is 8.82. The molecule has 2 aromatic carbocycles. The van der Waals surface area contributed by atoms with E-state index < -0.39 is 11.8 Å². The van der Waals surface area contributed by atoms with Gasteiger partial charge in [-0.25, -0.2) is 18.9 Å². The number of fused-ring (bicyclic) bond motifs is 1. The van der Waals surface area contributed by atoms with Gasteiger partial charge in [0.1, 0.15) is 23.3 Å². The van der Waals surface area contributed by atoms with Gasteiger partial charge in [0.05, 0.1) is 22.8 Å². The van der Waals surface area contributed by atoms with E-state index in [1.165, 1.54) is 23.0 Å². The minimum absolute atomic E-state index is 0.120. The van der Waals surface area contributed by atoms with Crippen LogP contribution in [0, 0.1) is 17.1 Å². The van der Waals surface area contributed by atoms with Gasteiger partial charge in [0.2, 0.25) is 0 Å². The number of carbonyl (C=O) groups excluding carboxylic acids is 1. The maximum atomic E-state index is 13.8. The zero-order valence-electron chi connectivity index (χ0n) is 15.3. The van der Waals surface area contributed by atoms with Gasteiger partial charge in [0.15, 0.2) is 5.82 Å². The Balaban J connectivity index is 1.45.